The quantitative estimate of drug-likeness (QED) is 0.874. The molecule has 1 aromatic rings. The van der Waals surface area contributed by atoms with Crippen molar-refractivity contribution >= 4 is 15.9 Å². The fourth-order valence-electron chi connectivity index (χ4n) is 2.39. The summed E-state index contributed by atoms with van der Waals surface area (Å²) in [6, 6.07) is 2.57. The van der Waals surface area contributed by atoms with Gasteiger partial charge in [-0.2, -0.15) is 0 Å². The zero-order valence-electron chi connectivity index (χ0n) is 9.81. The Balaban J connectivity index is 2.28. The summed E-state index contributed by atoms with van der Waals surface area (Å²) < 4.78 is 1.12. The minimum absolute atomic E-state index is 0.441. The molecular formula is C13H18BrNO. The van der Waals surface area contributed by atoms with Crippen molar-refractivity contribution in [2.24, 2.45) is 0 Å². The fourth-order valence-corrected chi connectivity index (χ4v) is 3.19. The first-order chi connectivity index (χ1) is 7.59. The maximum absolute atomic E-state index is 9.94. The SMILES string of the molecule is Cc1cc(Br)c(CC2CCCN2)c(C)c1O. The van der Waals surface area contributed by atoms with Gasteiger partial charge in [0.2, 0.25) is 0 Å². The summed E-state index contributed by atoms with van der Waals surface area (Å²) in [7, 11) is 0. The van der Waals surface area contributed by atoms with Crippen LogP contribution in [0.2, 0.25) is 0 Å². The van der Waals surface area contributed by atoms with E-state index in [1.807, 2.05) is 19.9 Å². The second-order valence-electron chi connectivity index (χ2n) is 4.62. The lowest BCUT2D eigenvalue weighted by Gasteiger charge is -2.16. The lowest BCUT2D eigenvalue weighted by molar-refractivity contribution is 0.464. The first-order valence-corrected chi connectivity index (χ1v) is 6.60. The monoisotopic (exact) mass is 283 g/mol. The number of phenolic OH excluding ortho intramolecular Hbond substituents is 1. The zero-order chi connectivity index (χ0) is 11.7. The van der Waals surface area contributed by atoms with Crippen molar-refractivity contribution in [3.8, 4) is 5.75 Å². The third-order valence-corrected chi connectivity index (χ3v) is 4.13. The highest BCUT2D eigenvalue weighted by Crippen LogP contribution is 2.32. The first kappa shape index (κ1) is 11.9. The number of aryl methyl sites for hydroxylation is 1. The summed E-state index contributed by atoms with van der Waals surface area (Å²) in [6.45, 7) is 5.06. The summed E-state index contributed by atoms with van der Waals surface area (Å²) in [6.07, 6.45) is 3.50. The molecule has 2 nitrogen and oxygen atoms in total. The Bertz CT molecular complexity index is 397. The van der Waals surface area contributed by atoms with Crippen LogP contribution >= 0.6 is 15.9 Å². The Labute approximate surface area is 105 Å². The Morgan fingerprint density at radius 3 is 2.88 bits per heavy atom. The summed E-state index contributed by atoms with van der Waals surface area (Å²) >= 11 is 3.60. The topological polar surface area (TPSA) is 32.3 Å². The second kappa shape index (κ2) is 4.76. The Kier molecular flexibility index (Phi) is 3.55. The predicted molar refractivity (Wildman–Crippen MR) is 70.0 cm³/mol. The highest BCUT2D eigenvalue weighted by molar-refractivity contribution is 9.10. The van der Waals surface area contributed by atoms with E-state index in [4.69, 9.17) is 0 Å². The van der Waals surface area contributed by atoms with Crippen LogP contribution in [0.1, 0.15) is 29.5 Å². The molecular weight excluding hydrogens is 266 g/mol. The standard InChI is InChI=1S/C13H18BrNO/c1-8-6-12(14)11(9(2)13(8)16)7-10-4-3-5-15-10/h6,10,15-16H,3-5,7H2,1-2H3. The predicted octanol–water partition coefficient (Wildman–Crippen LogP) is 3.07. The van der Waals surface area contributed by atoms with Crippen LogP contribution < -0.4 is 5.32 Å². The zero-order valence-corrected chi connectivity index (χ0v) is 11.4. The van der Waals surface area contributed by atoms with Crippen molar-refractivity contribution in [3.63, 3.8) is 0 Å². The van der Waals surface area contributed by atoms with Crippen molar-refractivity contribution in [1.82, 2.24) is 5.32 Å². The molecule has 3 heteroatoms. The first-order valence-electron chi connectivity index (χ1n) is 5.80. The average molecular weight is 284 g/mol. The molecule has 1 fully saturated rings. The Morgan fingerprint density at radius 2 is 2.25 bits per heavy atom. The molecule has 0 radical (unpaired) electrons. The summed E-state index contributed by atoms with van der Waals surface area (Å²) in [5, 5.41) is 13.4. The molecule has 88 valence electrons. The Morgan fingerprint density at radius 1 is 1.50 bits per heavy atom. The van der Waals surface area contributed by atoms with Gasteiger partial charge in [-0.05, 0) is 62.4 Å². The van der Waals surface area contributed by atoms with Crippen LogP contribution in [0.5, 0.6) is 5.75 Å². The number of rotatable bonds is 2. The number of nitrogens with one attached hydrogen (secondary N) is 1. The molecule has 0 aliphatic carbocycles. The van der Waals surface area contributed by atoms with E-state index in [9.17, 15) is 5.11 Å². The molecule has 1 aliphatic rings. The highest BCUT2D eigenvalue weighted by atomic mass is 79.9. The van der Waals surface area contributed by atoms with Gasteiger partial charge >= 0.3 is 0 Å². The van der Waals surface area contributed by atoms with E-state index in [0.717, 1.165) is 28.6 Å². The van der Waals surface area contributed by atoms with Crippen molar-refractivity contribution in [1.29, 1.82) is 0 Å². The molecule has 2 rings (SSSR count). The normalized spacial score (nSPS) is 20.3. The maximum atomic E-state index is 9.94. The highest BCUT2D eigenvalue weighted by Gasteiger charge is 2.18. The van der Waals surface area contributed by atoms with Crippen molar-refractivity contribution < 1.29 is 5.11 Å². The van der Waals surface area contributed by atoms with E-state index in [0.29, 0.717) is 11.8 Å². The van der Waals surface area contributed by atoms with Gasteiger partial charge in [-0.1, -0.05) is 15.9 Å². The summed E-state index contributed by atoms with van der Waals surface area (Å²) in [4.78, 5) is 0. The second-order valence-corrected chi connectivity index (χ2v) is 5.48. The molecule has 1 unspecified atom stereocenters. The molecule has 1 aromatic carbocycles. The van der Waals surface area contributed by atoms with Gasteiger partial charge in [-0.25, -0.2) is 0 Å². The van der Waals surface area contributed by atoms with Gasteiger partial charge in [0.25, 0.3) is 0 Å². The molecule has 0 bridgehead atoms. The molecule has 1 aliphatic heterocycles. The minimum atomic E-state index is 0.441. The maximum Gasteiger partial charge on any atom is 0.121 e. The molecule has 1 atom stereocenters. The number of hydrogen-bond donors (Lipinski definition) is 2. The number of phenols is 1. The Hall–Kier alpha value is -0.540. The van der Waals surface area contributed by atoms with Gasteiger partial charge in [0.15, 0.2) is 0 Å². The van der Waals surface area contributed by atoms with E-state index in [1.165, 1.54) is 18.4 Å². The lowest BCUT2D eigenvalue weighted by atomic mass is 9.97. The molecule has 1 heterocycles. The van der Waals surface area contributed by atoms with Crippen LogP contribution in [0, 0.1) is 13.8 Å². The van der Waals surface area contributed by atoms with E-state index >= 15 is 0 Å². The van der Waals surface area contributed by atoms with Gasteiger partial charge in [0, 0.05) is 10.5 Å². The van der Waals surface area contributed by atoms with Crippen LogP contribution in [0.15, 0.2) is 10.5 Å². The van der Waals surface area contributed by atoms with E-state index in [-0.39, 0.29) is 0 Å². The van der Waals surface area contributed by atoms with Crippen LogP contribution in [0.3, 0.4) is 0 Å². The smallest absolute Gasteiger partial charge is 0.121 e. The van der Waals surface area contributed by atoms with Gasteiger partial charge in [-0.3, -0.25) is 0 Å². The number of benzene rings is 1. The fraction of sp³-hybridized carbons (Fsp3) is 0.538. The largest absolute Gasteiger partial charge is 0.507 e. The van der Waals surface area contributed by atoms with Crippen LogP contribution in [-0.4, -0.2) is 17.7 Å². The van der Waals surface area contributed by atoms with E-state index in [1.54, 1.807) is 0 Å². The van der Waals surface area contributed by atoms with Crippen molar-refractivity contribution in [3.05, 3.63) is 27.2 Å². The molecule has 0 aromatic heterocycles. The van der Waals surface area contributed by atoms with Crippen LogP contribution in [0.25, 0.3) is 0 Å². The average Bonchev–Trinajstić information content (AvgIpc) is 2.74. The van der Waals surface area contributed by atoms with Gasteiger partial charge < -0.3 is 10.4 Å². The molecule has 0 spiro atoms. The molecule has 16 heavy (non-hydrogen) atoms. The van der Waals surface area contributed by atoms with Crippen molar-refractivity contribution in [2.75, 3.05) is 6.54 Å². The summed E-state index contributed by atoms with van der Waals surface area (Å²) in [5.74, 6) is 0.441. The van der Waals surface area contributed by atoms with Gasteiger partial charge in [0.05, 0.1) is 0 Å². The van der Waals surface area contributed by atoms with Gasteiger partial charge in [-0.15, -0.1) is 0 Å². The van der Waals surface area contributed by atoms with Gasteiger partial charge in [0.1, 0.15) is 5.75 Å². The number of hydrogen-bond acceptors (Lipinski definition) is 2. The van der Waals surface area contributed by atoms with Crippen LogP contribution in [0.4, 0.5) is 0 Å². The molecule has 2 N–H and O–H groups in total. The van der Waals surface area contributed by atoms with Crippen molar-refractivity contribution in [2.45, 2.75) is 39.2 Å². The third kappa shape index (κ3) is 2.25. The molecule has 0 amide bonds. The van der Waals surface area contributed by atoms with E-state index in [2.05, 4.69) is 21.2 Å². The lowest BCUT2D eigenvalue weighted by Crippen LogP contribution is -2.24. The minimum Gasteiger partial charge on any atom is -0.507 e. The van der Waals surface area contributed by atoms with E-state index < -0.39 is 0 Å². The number of halogens is 1. The summed E-state index contributed by atoms with van der Waals surface area (Å²) in [5.41, 5.74) is 3.19. The molecule has 1 saturated heterocycles. The molecule has 0 saturated carbocycles. The number of aromatic hydroxyl groups is 1. The third-order valence-electron chi connectivity index (χ3n) is 3.43. The van der Waals surface area contributed by atoms with Crippen LogP contribution in [-0.2, 0) is 6.42 Å².